The Kier molecular flexibility index (Phi) is 4.06. The minimum Gasteiger partial charge on any atom is -0.504 e. The quantitative estimate of drug-likeness (QED) is 0.482. The number of rotatable bonds is 5. The summed E-state index contributed by atoms with van der Waals surface area (Å²) in [5, 5.41) is 18.3. The topological polar surface area (TPSA) is 104 Å². The highest BCUT2D eigenvalue weighted by Gasteiger charge is 2.12. The number of hydrogen-bond acceptors (Lipinski definition) is 5. The van der Waals surface area contributed by atoms with Crippen molar-refractivity contribution in [3.05, 3.63) is 23.8 Å². The molecule has 0 aliphatic carbocycles. The zero-order valence-electron chi connectivity index (χ0n) is 9.38. The van der Waals surface area contributed by atoms with Crippen LogP contribution < -0.4 is 5.73 Å². The maximum absolute atomic E-state index is 11.7. The molecule has 6 nitrogen and oxygen atoms in total. The lowest BCUT2D eigenvalue weighted by atomic mass is 10.1. The minimum atomic E-state index is -0.520. The summed E-state index contributed by atoms with van der Waals surface area (Å²) < 4.78 is 0. The number of likely N-dealkylation sites (N-methyl/N-ethyl adjacent to an activating group) is 1. The number of primary amides is 1. The summed E-state index contributed by atoms with van der Waals surface area (Å²) in [4.78, 5) is 23.8. The molecule has 4 N–H and O–H groups in total. The predicted octanol–water partition coefficient (Wildman–Crippen LogP) is -0.302. The van der Waals surface area contributed by atoms with Gasteiger partial charge >= 0.3 is 0 Å². The molecule has 0 heterocycles. The van der Waals surface area contributed by atoms with Crippen LogP contribution in [0.1, 0.15) is 10.4 Å². The van der Waals surface area contributed by atoms with E-state index in [4.69, 9.17) is 10.8 Å². The Labute approximate surface area is 98.3 Å². The van der Waals surface area contributed by atoms with Gasteiger partial charge in [0.15, 0.2) is 17.3 Å². The van der Waals surface area contributed by atoms with Crippen LogP contribution in [0.3, 0.4) is 0 Å². The first kappa shape index (κ1) is 13.0. The number of nitrogens with two attached hydrogens (primary N) is 1. The van der Waals surface area contributed by atoms with Crippen LogP contribution in [0.25, 0.3) is 0 Å². The van der Waals surface area contributed by atoms with Crippen LogP contribution in [-0.4, -0.2) is 46.9 Å². The zero-order valence-corrected chi connectivity index (χ0v) is 9.38. The number of nitrogens with zero attached hydrogens (tertiary/aromatic N) is 1. The molecule has 0 saturated carbocycles. The van der Waals surface area contributed by atoms with E-state index in [0.29, 0.717) is 0 Å². The highest BCUT2D eigenvalue weighted by molar-refractivity contribution is 5.98. The molecule has 17 heavy (non-hydrogen) atoms. The Bertz CT molecular complexity index is 445. The number of benzene rings is 1. The maximum atomic E-state index is 11.7. The molecule has 0 unspecified atom stereocenters. The van der Waals surface area contributed by atoms with Gasteiger partial charge < -0.3 is 15.9 Å². The third kappa shape index (κ3) is 3.76. The van der Waals surface area contributed by atoms with Gasteiger partial charge in [0.05, 0.1) is 13.1 Å². The van der Waals surface area contributed by atoms with Gasteiger partial charge in [0.25, 0.3) is 0 Å². The molecule has 92 valence electrons. The number of Topliss-reactive ketones (excluding diaryl/α,β-unsaturated/α-hetero) is 1. The number of amides is 1. The summed E-state index contributed by atoms with van der Waals surface area (Å²) in [7, 11) is 1.59. The van der Waals surface area contributed by atoms with E-state index in [1.807, 2.05) is 0 Å². The van der Waals surface area contributed by atoms with Crippen molar-refractivity contribution in [2.45, 2.75) is 0 Å². The molecule has 0 spiro atoms. The average Bonchev–Trinajstić information content (AvgIpc) is 2.20. The fraction of sp³-hybridized carbons (Fsp3) is 0.273. The number of aromatic hydroxyl groups is 2. The number of hydrogen-bond donors (Lipinski definition) is 3. The van der Waals surface area contributed by atoms with E-state index in [9.17, 15) is 14.7 Å². The van der Waals surface area contributed by atoms with Gasteiger partial charge in [-0.1, -0.05) is 0 Å². The maximum Gasteiger partial charge on any atom is 0.231 e. The van der Waals surface area contributed by atoms with E-state index in [1.165, 1.54) is 23.1 Å². The van der Waals surface area contributed by atoms with Crippen LogP contribution in [0.4, 0.5) is 0 Å². The molecule has 0 radical (unpaired) electrons. The van der Waals surface area contributed by atoms with E-state index in [2.05, 4.69) is 0 Å². The monoisotopic (exact) mass is 238 g/mol. The van der Waals surface area contributed by atoms with Crippen LogP contribution in [0.5, 0.6) is 11.5 Å². The first-order valence-corrected chi connectivity index (χ1v) is 4.92. The van der Waals surface area contributed by atoms with Gasteiger partial charge in [0.1, 0.15) is 0 Å². The Balaban J connectivity index is 2.70. The lowest BCUT2D eigenvalue weighted by molar-refractivity contribution is -0.118. The van der Waals surface area contributed by atoms with Gasteiger partial charge in [-0.25, -0.2) is 0 Å². The molecule has 1 amide bonds. The number of carbonyl (C=O) groups excluding carboxylic acids is 2. The Hall–Kier alpha value is -2.08. The van der Waals surface area contributed by atoms with E-state index >= 15 is 0 Å². The summed E-state index contributed by atoms with van der Waals surface area (Å²) in [6, 6.07) is 3.81. The minimum absolute atomic E-state index is 0.00710. The highest BCUT2D eigenvalue weighted by atomic mass is 16.3. The molecule has 1 aromatic carbocycles. The molecule has 0 atom stereocenters. The summed E-state index contributed by atoms with van der Waals surface area (Å²) in [6.07, 6.45) is 0. The third-order valence-corrected chi connectivity index (χ3v) is 2.14. The second-order valence-electron chi connectivity index (χ2n) is 3.77. The molecular formula is C11H14N2O4. The van der Waals surface area contributed by atoms with Gasteiger partial charge in [-0.15, -0.1) is 0 Å². The standard InChI is InChI=1S/C11H14N2O4/c1-13(6-11(12)17)5-10(16)7-2-3-8(14)9(15)4-7/h2-4,14-15H,5-6H2,1H3,(H2,12,17). The van der Waals surface area contributed by atoms with Crippen molar-refractivity contribution in [1.29, 1.82) is 0 Å². The number of ketones is 1. The zero-order chi connectivity index (χ0) is 13.0. The SMILES string of the molecule is CN(CC(N)=O)CC(=O)c1ccc(O)c(O)c1. The van der Waals surface area contributed by atoms with Crippen molar-refractivity contribution in [3.63, 3.8) is 0 Å². The van der Waals surface area contributed by atoms with Crippen molar-refractivity contribution >= 4 is 11.7 Å². The van der Waals surface area contributed by atoms with Crippen molar-refractivity contribution in [2.24, 2.45) is 5.73 Å². The second-order valence-corrected chi connectivity index (χ2v) is 3.77. The van der Waals surface area contributed by atoms with Gasteiger partial charge in [0.2, 0.25) is 5.91 Å². The van der Waals surface area contributed by atoms with Crippen molar-refractivity contribution in [3.8, 4) is 11.5 Å². The smallest absolute Gasteiger partial charge is 0.231 e. The lowest BCUT2D eigenvalue weighted by Crippen LogP contribution is -2.34. The van der Waals surface area contributed by atoms with E-state index in [-0.39, 0.29) is 35.9 Å². The molecule has 0 saturated heterocycles. The van der Waals surface area contributed by atoms with Gasteiger partial charge in [-0.3, -0.25) is 14.5 Å². The average molecular weight is 238 g/mol. The number of phenolic OH excluding ortho intramolecular Hbond substituents is 2. The molecule has 0 aliphatic heterocycles. The van der Waals surface area contributed by atoms with Gasteiger partial charge in [-0.2, -0.15) is 0 Å². The summed E-state index contributed by atoms with van der Waals surface area (Å²) >= 11 is 0. The van der Waals surface area contributed by atoms with Crippen LogP contribution in [-0.2, 0) is 4.79 Å². The molecule has 1 aromatic rings. The van der Waals surface area contributed by atoms with Gasteiger partial charge in [-0.05, 0) is 25.2 Å². The van der Waals surface area contributed by atoms with Crippen molar-refractivity contribution < 1.29 is 19.8 Å². The lowest BCUT2D eigenvalue weighted by Gasteiger charge is -2.13. The molecule has 0 aromatic heterocycles. The fourth-order valence-electron chi connectivity index (χ4n) is 1.36. The predicted molar refractivity (Wildman–Crippen MR) is 60.8 cm³/mol. The molecular weight excluding hydrogens is 224 g/mol. The Morgan fingerprint density at radius 1 is 1.24 bits per heavy atom. The van der Waals surface area contributed by atoms with E-state index in [1.54, 1.807) is 7.05 Å². The van der Waals surface area contributed by atoms with Crippen LogP contribution >= 0.6 is 0 Å². The van der Waals surface area contributed by atoms with E-state index in [0.717, 1.165) is 0 Å². The van der Waals surface area contributed by atoms with Crippen LogP contribution in [0, 0.1) is 0 Å². The third-order valence-electron chi connectivity index (χ3n) is 2.14. The molecule has 6 heteroatoms. The summed E-state index contributed by atoms with van der Waals surface area (Å²) in [5.41, 5.74) is 5.25. The highest BCUT2D eigenvalue weighted by Crippen LogP contribution is 2.24. The molecule has 0 fully saturated rings. The summed E-state index contributed by atoms with van der Waals surface area (Å²) in [6.45, 7) is -0.0110. The summed E-state index contributed by atoms with van der Waals surface area (Å²) in [5.74, 6) is -1.43. The fourth-order valence-corrected chi connectivity index (χ4v) is 1.36. The second kappa shape index (κ2) is 5.31. The van der Waals surface area contributed by atoms with E-state index < -0.39 is 5.91 Å². The Morgan fingerprint density at radius 3 is 2.41 bits per heavy atom. The largest absolute Gasteiger partial charge is 0.504 e. The van der Waals surface area contributed by atoms with Crippen molar-refractivity contribution in [2.75, 3.05) is 20.1 Å². The molecule has 0 aliphatic rings. The molecule has 0 bridgehead atoms. The van der Waals surface area contributed by atoms with Crippen molar-refractivity contribution in [1.82, 2.24) is 4.90 Å². The van der Waals surface area contributed by atoms with Crippen LogP contribution in [0.15, 0.2) is 18.2 Å². The first-order chi connectivity index (χ1) is 7.90. The number of phenols is 2. The van der Waals surface area contributed by atoms with Crippen LogP contribution in [0.2, 0.25) is 0 Å². The normalized spacial score (nSPS) is 10.5. The Morgan fingerprint density at radius 2 is 1.88 bits per heavy atom. The van der Waals surface area contributed by atoms with Gasteiger partial charge in [0, 0.05) is 5.56 Å². The molecule has 1 rings (SSSR count). The first-order valence-electron chi connectivity index (χ1n) is 4.92. The number of carbonyl (C=O) groups is 2.